The van der Waals surface area contributed by atoms with Crippen LogP contribution in [0.5, 0.6) is 0 Å². The quantitative estimate of drug-likeness (QED) is 0.264. The van der Waals surface area contributed by atoms with E-state index in [-0.39, 0.29) is 0 Å². The van der Waals surface area contributed by atoms with Gasteiger partial charge in [0.2, 0.25) is 0 Å². The van der Waals surface area contributed by atoms with Crippen molar-refractivity contribution in [3.63, 3.8) is 0 Å². The predicted molar refractivity (Wildman–Crippen MR) is 131 cm³/mol. The number of hydrogen-bond donors (Lipinski definition) is 0. The molecule has 0 saturated carbocycles. The summed E-state index contributed by atoms with van der Waals surface area (Å²) in [4.78, 5) is 5.02. The van der Waals surface area contributed by atoms with Crippen molar-refractivity contribution in [3.8, 4) is 11.4 Å². The second-order valence-corrected chi connectivity index (χ2v) is 8.82. The van der Waals surface area contributed by atoms with Crippen LogP contribution in [-0.2, 0) is 0 Å². The Morgan fingerprint density at radius 1 is 0.484 bits per heavy atom. The molecule has 0 amide bonds. The first kappa shape index (κ1) is 16.9. The number of hydrogen-bond acceptors (Lipinski definition) is 4. The number of benzene rings is 5. The second-order valence-electron chi connectivity index (χ2n) is 7.73. The van der Waals surface area contributed by atoms with E-state index in [1.165, 1.54) is 30.9 Å². The molecule has 7 aromatic rings. The van der Waals surface area contributed by atoms with E-state index in [0.717, 1.165) is 27.4 Å². The van der Waals surface area contributed by atoms with Crippen molar-refractivity contribution in [1.29, 1.82) is 0 Å². The second kappa shape index (κ2) is 6.30. The van der Waals surface area contributed by atoms with Crippen molar-refractivity contribution in [2.45, 2.75) is 0 Å². The fraction of sp³-hybridized carbons (Fsp3) is 0. The zero-order chi connectivity index (χ0) is 20.4. The summed E-state index contributed by atoms with van der Waals surface area (Å²) in [6.07, 6.45) is 0. The minimum absolute atomic E-state index is 0.658. The molecule has 5 aromatic carbocycles. The van der Waals surface area contributed by atoms with Crippen molar-refractivity contribution < 1.29 is 0 Å². The van der Waals surface area contributed by atoms with Crippen LogP contribution in [0, 0.1) is 0 Å². The van der Waals surface area contributed by atoms with Crippen molar-refractivity contribution in [3.05, 3.63) is 91.0 Å². The fourth-order valence-corrected chi connectivity index (χ4v) is 5.62. The van der Waals surface area contributed by atoms with E-state index in [1.807, 2.05) is 17.4 Å². The van der Waals surface area contributed by atoms with Gasteiger partial charge >= 0.3 is 0 Å². The summed E-state index contributed by atoms with van der Waals surface area (Å²) >= 11 is 1.81. The van der Waals surface area contributed by atoms with Gasteiger partial charge < -0.3 is 0 Å². The molecule has 0 bridgehead atoms. The van der Waals surface area contributed by atoms with Crippen LogP contribution < -0.4 is 0 Å². The lowest BCUT2D eigenvalue weighted by molar-refractivity contribution is 1.04. The van der Waals surface area contributed by atoms with Crippen LogP contribution in [0.1, 0.15) is 0 Å². The van der Waals surface area contributed by atoms with Crippen LogP contribution in [0.2, 0.25) is 0 Å². The summed E-state index contributed by atoms with van der Waals surface area (Å²) in [5.74, 6) is 0.658. The summed E-state index contributed by atoms with van der Waals surface area (Å²) in [5.41, 5.74) is 2.73. The Balaban J connectivity index is 1.54. The fourth-order valence-electron chi connectivity index (χ4n) is 4.53. The molecule has 2 heterocycles. The first-order valence-corrected chi connectivity index (χ1v) is 11.0. The number of aromatic nitrogens is 3. The van der Waals surface area contributed by atoms with Gasteiger partial charge in [-0.1, -0.05) is 66.7 Å². The van der Waals surface area contributed by atoms with Gasteiger partial charge in [-0.05, 0) is 35.0 Å². The monoisotopic (exact) mass is 413 g/mol. The Morgan fingerprint density at radius 3 is 1.87 bits per heavy atom. The smallest absolute Gasteiger partial charge is 0.182 e. The standard InChI is InChI=1S/C27H15N3S/c1-3-10-20-17(7-1)18-8-2-4-11-21(18)26-25(20)28-27(30-29-26)16-13-14-24-22(15-16)19-9-5-6-12-23(19)31-24/h1-15H. The maximum absolute atomic E-state index is 5.02. The molecular formula is C27H15N3S. The maximum atomic E-state index is 5.02. The van der Waals surface area contributed by atoms with Crippen LogP contribution in [-0.4, -0.2) is 15.2 Å². The molecule has 0 aliphatic carbocycles. The van der Waals surface area contributed by atoms with Gasteiger partial charge in [-0.15, -0.1) is 21.5 Å². The lowest BCUT2D eigenvalue weighted by Gasteiger charge is -2.09. The summed E-state index contributed by atoms with van der Waals surface area (Å²) in [7, 11) is 0. The third-order valence-electron chi connectivity index (χ3n) is 5.98. The first-order chi connectivity index (χ1) is 15.4. The summed E-state index contributed by atoms with van der Waals surface area (Å²) < 4.78 is 2.57. The topological polar surface area (TPSA) is 38.7 Å². The molecule has 31 heavy (non-hydrogen) atoms. The van der Waals surface area contributed by atoms with Gasteiger partial charge in [0.15, 0.2) is 5.82 Å². The van der Waals surface area contributed by atoms with Crippen molar-refractivity contribution in [1.82, 2.24) is 15.2 Å². The number of fused-ring (bicyclic) bond motifs is 9. The SMILES string of the molecule is c1ccc2c(c1)sc1ccc(-c3nnc4c5ccccc5c5ccccc5c4n3)cc12. The zero-order valence-corrected chi connectivity index (χ0v) is 17.2. The molecule has 0 atom stereocenters. The minimum Gasteiger partial charge on any atom is -0.224 e. The van der Waals surface area contributed by atoms with Gasteiger partial charge in [-0.3, -0.25) is 0 Å². The molecular weight excluding hydrogens is 398 g/mol. The van der Waals surface area contributed by atoms with E-state index in [0.29, 0.717) is 5.82 Å². The Hall–Kier alpha value is -3.89. The minimum atomic E-state index is 0.658. The molecule has 0 aliphatic heterocycles. The zero-order valence-electron chi connectivity index (χ0n) is 16.4. The highest BCUT2D eigenvalue weighted by Gasteiger charge is 2.14. The van der Waals surface area contributed by atoms with Gasteiger partial charge in [-0.25, -0.2) is 4.98 Å². The lowest BCUT2D eigenvalue weighted by Crippen LogP contribution is -1.96. The van der Waals surface area contributed by atoms with Crippen molar-refractivity contribution in [2.75, 3.05) is 0 Å². The van der Waals surface area contributed by atoms with Gasteiger partial charge in [0.1, 0.15) is 11.0 Å². The van der Waals surface area contributed by atoms with Crippen LogP contribution in [0.25, 0.3) is 64.1 Å². The Bertz CT molecular complexity index is 1760. The molecule has 3 nitrogen and oxygen atoms in total. The average molecular weight is 414 g/mol. The Kier molecular flexibility index (Phi) is 3.43. The van der Waals surface area contributed by atoms with E-state index in [1.54, 1.807) is 0 Å². The molecule has 0 saturated heterocycles. The van der Waals surface area contributed by atoms with E-state index >= 15 is 0 Å². The third kappa shape index (κ3) is 2.43. The van der Waals surface area contributed by atoms with Gasteiger partial charge in [0.05, 0.1) is 0 Å². The number of rotatable bonds is 1. The van der Waals surface area contributed by atoms with Crippen molar-refractivity contribution in [2.24, 2.45) is 0 Å². The molecule has 4 heteroatoms. The van der Waals surface area contributed by atoms with Crippen LogP contribution in [0.3, 0.4) is 0 Å². The predicted octanol–water partition coefficient (Wildman–Crippen LogP) is 7.37. The van der Waals surface area contributed by atoms with E-state index in [2.05, 4.69) is 95.1 Å². The molecule has 0 spiro atoms. The maximum Gasteiger partial charge on any atom is 0.182 e. The van der Waals surface area contributed by atoms with Gasteiger partial charge in [0.25, 0.3) is 0 Å². The molecule has 0 fully saturated rings. The Labute approximate surface area is 181 Å². The van der Waals surface area contributed by atoms with Gasteiger partial charge in [0, 0.05) is 36.5 Å². The molecule has 144 valence electrons. The average Bonchev–Trinajstić information content (AvgIpc) is 3.22. The Morgan fingerprint density at radius 2 is 1.10 bits per heavy atom. The van der Waals surface area contributed by atoms with E-state index < -0.39 is 0 Å². The summed E-state index contributed by atoms with van der Waals surface area (Å²) in [5, 5.41) is 16.3. The molecule has 0 aliphatic rings. The first-order valence-electron chi connectivity index (χ1n) is 10.2. The summed E-state index contributed by atoms with van der Waals surface area (Å²) in [6.45, 7) is 0. The van der Waals surface area contributed by atoms with Crippen LogP contribution in [0.15, 0.2) is 91.0 Å². The van der Waals surface area contributed by atoms with E-state index in [4.69, 9.17) is 4.98 Å². The molecule has 2 aromatic heterocycles. The van der Waals surface area contributed by atoms with Crippen LogP contribution >= 0.6 is 11.3 Å². The largest absolute Gasteiger partial charge is 0.224 e. The highest BCUT2D eigenvalue weighted by atomic mass is 32.1. The molecule has 7 rings (SSSR count). The third-order valence-corrected chi connectivity index (χ3v) is 7.13. The highest BCUT2D eigenvalue weighted by molar-refractivity contribution is 7.25. The van der Waals surface area contributed by atoms with Crippen LogP contribution in [0.4, 0.5) is 0 Å². The number of nitrogens with zero attached hydrogens (tertiary/aromatic N) is 3. The normalized spacial score (nSPS) is 11.9. The number of thiophene rings is 1. The highest BCUT2D eigenvalue weighted by Crippen LogP contribution is 2.37. The van der Waals surface area contributed by atoms with Gasteiger partial charge in [-0.2, -0.15) is 0 Å². The van der Waals surface area contributed by atoms with Crippen molar-refractivity contribution >= 4 is 64.1 Å². The molecule has 0 radical (unpaired) electrons. The summed E-state index contributed by atoms with van der Waals surface area (Å²) in [6, 6.07) is 31.8. The lowest BCUT2D eigenvalue weighted by atomic mass is 10.00. The molecule has 0 unspecified atom stereocenters. The molecule has 0 N–H and O–H groups in total. The van der Waals surface area contributed by atoms with E-state index in [9.17, 15) is 0 Å².